The molecule has 154 valence electrons. The molecule has 1 unspecified atom stereocenters. The molecule has 6 heteroatoms. The summed E-state index contributed by atoms with van der Waals surface area (Å²) in [5, 5.41) is 2.68. The van der Waals surface area contributed by atoms with Gasteiger partial charge in [-0.1, -0.05) is 36.4 Å². The summed E-state index contributed by atoms with van der Waals surface area (Å²) in [7, 11) is 1.65. The van der Waals surface area contributed by atoms with E-state index in [4.69, 9.17) is 14.2 Å². The van der Waals surface area contributed by atoms with Gasteiger partial charge in [0, 0.05) is 32.6 Å². The molecule has 0 radical (unpaired) electrons. The van der Waals surface area contributed by atoms with Crippen LogP contribution in [0.1, 0.15) is 36.5 Å². The van der Waals surface area contributed by atoms with E-state index in [-0.39, 0.29) is 18.3 Å². The zero-order chi connectivity index (χ0) is 20.1. The number of alkyl carbamates (subject to hydrolysis) is 1. The number of hydrogen-bond donors (Lipinski definition) is 1. The van der Waals surface area contributed by atoms with Crippen molar-refractivity contribution in [2.24, 2.45) is 0 Å². The number of carbonyl (C=O) groups excluding carboxylic acids is 1. The number of likely N-dealkylation sites (tertiary alicyclic amines) is 1. The molecule has 2 saturated heterocycles. The van der Waals surface area contributed by atoms with E-state index in [1.54, 1.807) is 7.11 Å². The van der Waals surface area contributed by atoms with Crippen molar-refractivity contribution in [3.05, 3.63) is 59.7 Å². The summed E-state index contributed by atoms with van der Waals surface area (Å²) in [5.41, 5.74) is 2.29. The standard InChI is InChI=1S/C23H28N2O4/c1-27-21-8-7-18(20-9-12-24-23(26)29-20)15-22(21)28-19-10-13-25(14-11-19)16-17-5-3-2-4-6-17/h2-8,15,19-20H,9-14,16H2,1H3,(H,24,26). The number of piperidine rings is 1. The van der Waals surface area contributed by atoms with Crippen molar-refractivity contribution >= 4 is 6.09 Å². The Bertz CT molecular complexity index is 819. The van der Waals surface area contributed by atoms with Crippen molar-refractivity contribution in [3.63, 3.8) is 0 Å². The first-order valence-electron chi connectivity index (χ1n) is 10.3. The normalized spacial score (nSPS) is 20.6. The lowest BCUT2D eigenvalue weighted by Gasteiger charge is -2.32. The van der Waals surface area contributed by atoms with E-state index in [0.717, 1.165) is 50.2 Å². The number of nitrogens with one attached hydrogen (secondary N) is 1. The lowest BCUT2D eigenvalue weighted by Crippen LogP contribution is -2.37. The second-order valence-electron chi connectivity index (χ2n) is 7.60. The van der Waals surface area contributed by atoms with Gasteiger partial charge in [-0.2, -0.15) is 0 Å². The number of cyclic esters (lactones) is 1. The molecule has 1 amide bonds. The third-order valence-corrected chi connectivity index (χ3v) is 5.56. The van der Waals surface area contributed by atoms with E-state index in [0.29, 0.717) is 12.3 Å². The molecule has 2 aromatic carbocycles. The van der Waals surface area contributed by atoms with Crippen molar-refractivity contribution in [1.29, 1.82) is 0 Å². The lowest BCUT2D eigenvalue weighted by atomic mass is 10.0. The molecule has 2 aromatic rings. The highest BCUT2D eigenvalue weighted by atomic mass is 16.6. The molecule has 29 heavy (non-hydrogen) atoms. The van der Waals surface area contributed by atoms with Crippen LogP contribution < -0.4 is 14.8 Å². The van der Waals surface area contributed by atoms with Crippen LogP contribution >= 0.6 is 0 Å². The minimum absolute atomic E-state index is 0.154. The molecule has 4 rings (SSSR count). The summed E-state index contributed by atoms with van der Waals surface area (Å²) in [6.45, 7) is 3.61. The van der Waals surface area contributed by atoms with E-state index in [2.05, 4.69) is 40.5 Å². The van der Waals surface area contributed by atoms with Gasteiger partial charge in [-0.15, -0.1) is 0 Å². The van der Waals surface area contributed by atoms with Crippen LogP contribution in [-0.2, 0) is 11.3 Å². The molecule has 6 nitrogen and oxygen atoms in total. The van der Waals surface area contributed by atoms with Crippen molar-refractivity contribution in [2.75, 3.05) is 26.7 Å². The highest BCUT2D eigenvalue weighted by Gasteiger charge is 2.25. The third-order valence-electron chi connectivity index (χ3n) is 5.56. The van der Waals surface area contributed by atoms with E-state index in [9.17, 15) is 4.79 Å². The van der Waals surface area contributed by atoms with E-state index in [1.807, 2.05) is 18.2 Å². The maximum Gasteiger partial charge on any atom is 0.407 e. The Kier molecular flexibility index (Phi) is 6.20. The first-order chi connectivity index (χ1) is 14.2. The van der Waals surface area contributed by atoms with Gasteiger partial charge in [-0.3, -0.25) is 4.90 Å². The second kappa shape index (κ2) is 9.18. The number of amides is 1. The largest absolute Gasteiger partial charge is 0.493 e. The van der Waals surface area contributed by atoms with Crippen LogP contribution in [-0.4, -0.2) is 43.8 Å². The molecule has 1 atom stereocenters. The smallest absolute Gasteiger partial charge is 0.407 e. The summed E-state index contributed by atoms with van der Waals surface area (Å²) in [5.74, 6) is 1.43. The summed E-state index contributed by atoms with van der Waals surface area (Å²) in [6, 6.07) is 16.4. The predicted molar refractivity (Wildman–Crippen MR) is 110 cm³/mol. The first-order valence-corrected chi connectivity index (χ1v) is 10.3. The topological polar surface area (TPSA) is 60.0 Å². The Morgan fingerprint density at radius 3 is 2.59 bits per heavy atom. The molecule has 0 bridgehead atoms. The lowest BCUT2D eigenvalue weighted by molar-refractivity contribution is 0.0727. The van der Waals surface area contributed by atoms with Crippen LogP contribution in [0.3, 0.4) is 0 Å². The summed E-state index contributed by atoms with van der Waals surface area (Å²) in [6.07, 6.45) is 2.23. The summed E-state index contributed by atoms with van der Waals surface area (Å²) >= 11 is 0. The quantitative estimate of drug-likeness (QED) is 0.802. The minimum atomic E-state index is -0.370. The molecule has 1 N–H and O–H groups in total. The van der Waals surface area contributed by atoms with E-state index in [1.165, 1.54) is 5.56 Å². The zero-order valence-corrected chi connectivity index (χ0v) is 16.8. The number of carbonyl (C=O) groups is 1. The van der Waals surface area contributed by atoms with Crippen LogP contribution in [0.5, 0.6) is 11.5 Å². The Morgan fingerprint density at radius 2 is 1.86 bits per heavy atom. The van der Waals surface area contributed by atoms with Crippen molar-refractivity contribution < 1.29 is 19.0 Å². The van der Waals surface area contributed by atoms with Crippen LogP contribution in [0.4, 0.5) is 4.79 Å². The van der Waals surface area contributed by atoms with Crippen molar-refractivity contribution in [3.8, 4) is 11.5 Å². The van der Waals surface area contributed by atoms with Gasteiger partial charge < -0.3 is 19.5 Å². The monoisotopic (exact) mass is 396 g/mol. The number of nitrogens with zero attached hydrogens (tertiary/aromatic N) is 1. The number of methoxy groups -OCH3 is 1. The molecule has 0 saturated carbocycles. The molecule has 2 aliphatic heterocycles. The Balaban J connectivity index is 1.37. The molecule has 2 aliphatic rings. The molecular weight excluding hydrogens is 368 g/mol. The maximum atomic E-state index is 11.5. The second-order valence-corrected chi connectivity index (χ2v) is 7.60. The zero-order valence-electron chi connectivity index (χ0n) is 16.8. The van der Waals surface area contributed by atoms with Crippen molar-refractivity contribution in [1.82, 2.24) is 10.2 Å². The molecule has 2 fully saturated rings. The number of hydrogen-bond acceptors (Lipinski definition) is 5. The number of ether oxygens (including phenoxy) is 3. The van der Waals surface area contributed by atoms with Gasteiger partial charge in [0.1, 0.15) is 12.2 Å². The highest BCUT2D eigenvalue weighted by molar-refractivity contribution is 5.68. The number of benzene rings is 2. The molecule has 0 spiro atoms. The minimum Gasteiger partial charge on any atom is -0.493 e. The fourth-order valence-electron chi connectivity index (χ4n) is 3.96. The maximum absolute atomic E-state index is 11.5. The van der Waals surface area contributed by atoms with Crippen LogP contribution in [0.2, 0.25) is 0 Å². The average Bonchev–Trinajstić information content (AvgIpc) is 2.76. The molecule has 0 aliphatic carbocycles. The van der Waals surface area contributed by atoms with Crippen molar-refractivity contribution in [2.45, 2.75) is 38.0 Å². The van der Waals surface area contributed by atoms with Gasteiger partial charge in [0.15, 0.2) is 11.5 Å². The Hall–Kier alpha value is -2.73. The van der Waals surface area contributed by atoms with Gasteiger partial charge in [-0.05, 0) is 36.1 Å². The molecular formula is C23H28N2O4. The predicted octanol–water partition coefficient (Wildman–Crippen LogP) is 3.91. The summed E-state index contributed by atoms with van der Waals surface area (Å²) < 4.78 is 17.2. The van der Waals surface area contributed by atoms with Crippen LogP contribution in [0, 0.1) is 0 Å². The van der Waals surface area contributed by atoms with Gasteiger partial charge >= 0.3 is 6.09 Å². The number of rotatable bonds is 6. The Morgan fingerprint density at radius 1 is 1.07 bits per heavy atom. The molecule has 0 aromatic heterocycles. The third kappa shape index (κ3) is 5.01. The van der Waals surface area contributed by atoms with Crippen LogP contribution in [0.15, 0.2) is 48.5 Å². The SMILES string of the molecule is COc1ccc(C2CCNC(=O)O2)cc1OC1CCN(Cc2ccccc2)CC1. The van der Waals surface area contributed by atoms with Gasteiger partial charge in [0.2, 0.25) is 0 Å². The van der Waals surface area contributed by atoms with Gasteiger partial charge in [-0.25, -0.2) is 4.79 Å². The average molecular weight is 396 g/mol. The van der Waals surface area contributed by atoms with Crippen LogP contribution in [0.25, 0.3) is 0 Å². The van der Waals surface area contributed by atoms with E-state index < -0.39 is 0 Å². The summed E-state index contributed by atoms with van der Waals surface area (Å²) in [4.78, 5) is 14.0. The Labute approximate surface area is 171 Å². The van der Waals surface area contributed by atoms with E-state index >= 15 is 0 Å². The van der Waals surface area contributed by atoms with Gasteiger partial charge in [0.25, 0.3) is 0 Å². The molecule has 2 heterocycles. The highest BCUT2D eigenvalue weighted by Crippen LogP contribution is 2.35. The van der Waals surface area contributed by atoms with Gasteiger partial charge in [0.05, 0.1) is 7.11 Å². The fourth-order valence-corrected chi connectivity index (χ4v) is 3.96. The first kappa shape index (κ1) is 19.6. The fraction of sp³-hybridized carbons (Fsp3) is 0.435.